The van der Waals surface area contributed by atoms with Gasteiger partial charge >= 0.3 is 12.1 Å². The molecule has 0 fully saturated rings. The standard InChI is InChI=1S/C22H17F3N2O3/c1-12(27-21(29)22(23,24)25)14-5-6-18(20-17(14)8-10-30-20)19(28)16-4-2-3-13-11-26-9-7-15(13)16/h2-7,9,11-12H,8,10H2,1H3,(H,27,29)/t12-/m1/s1. The first-order valence-electron chi connectivity index (χ1n) is 9.31. The molecule has 1 aliphatic rings. The van der Waals surface area contributed by atoms with Crippen LogP contribution in [0.3, 0.4) is 0 Å². The van der Waals surface area contributed by atoms with Crippen LogP contribution in [0, 0.1) is 0 Å². The van der Waals surface area contributed by atoms with Gasteiger partial charge in [0.05, 0.1) is 18.2 Å². The van der Waals surface area contributed by atoms with Crippen molar-refractivity contribution in [1.29, 1.82) is 0 Å². The molecule has 0 saturated heterocycles. The lowest BCUT2D eigenvalue weighted by molar-refractivity contribution is -0.174. The average Bonchev–Trinajstić information content (AvgIpc) is 3.21. The van der Waals surface area contributed by atoms with E-state index in [1.807, 2.05) is 11.4 Å². The molecule has 0 aliphatic carbocycles. The maximum absolute atomic E-state index is 13.3. The van der Waals surface area contributed by atoms with E-state index in [2.05, 4.69) is 4.98 Å². The fourth-order valence-corrected chi connectivity index (χ4v) is 3.73. The van der Waals surface area contributed by atoms with Crippen LogP contribution in [0.25, 0.3) is 10.8 Å². The van der Waals surface area contributed by atoms with Crippen molar-refractivity contribution >= 4 is 22.5 Å². The summed E-state index contributed by atoms with van der Waals surface area (Å²) in [7, 11) is 0. The van der Waals surface area contributed by atoms with E-state index >= 15 is 0 Å². The summed E-state index contributed by atoms with van der Waals surface area (Å²) in [5, 5.41) is 3.53. The number of nitrogens with one attached hydrogen (secondary N) is 1. The molecular formula is C22H17F3N2O3. The Labute approximate surface area is 169 Å². The molecule has 0 spiro atoms. The lowest BCUT2D eigenvalue weighted by atomic mass is 9.92. The highest BCUT2D eigenvalue weighted by Crippen LogP contribution is 2.37. The van der Waals surface area contributed by atoms with E-state index < -0.39 is 18.1 Å². The second-order valence-electron chi connectivity index (χ2n) is 7.03. The molecule has 5 nitrogen and oxygen atoms in total. The minimum atomic E-state index is -4.97. The van der Waals surface area contributed by atoms with Gasteiger partial charge in [0, 0.05) is 35.3 Å². The molecule has 1 atom stereocenters. The summed E-state index contributed by atoms with van der Waals surface area (Å²) >= 11 is 0. The van der Waals surface area contributed by atoms with E-state index in [1.54, 1.807) is 36.7 Å². The molecule has 1 aromatic heterocycles. The van der Waals surface area contributed by atoms with Crippen LogP contribution in [0.1, 0.15) is 40.0 Å². The molecule has 3 aromatic rings. The Kier molecular flexibility index (Phi) is 4.93. The van der Waals surface area contributed by atoms with Crippen LogP contribution in [0.2, 0.25) is 0 Å². The number of hydrogen-bond acceptors (Lipinski definition) is 4. The van der Waals surface area contributed by atoms with Gasteiger partial charge in [-0.1, -0.05) is 24.3 Å². The van der Waals surface area contributed by atoms with E-state index in [4.69, 9.17) is 4.74 Å². The zero-order chi connectivity index (χ0) is 21.5. The highest BCUT2D eigenvalue weighted by Gasteiger charge is 2.40. The number of carbonyl (C=O) groups excluding carboxylic acids is 2. The molecule has 1 amide bonds. The van der Waals surface area contributed by atoms with E-state index in [9.17, 15) is 22.8 Å². The normalized spacial score (nSPS) is 14.1. The van der Waals surface area contributed by atoms with Gasteiger partial charge in [0.1, 0.15) is 5.75 Å². The number of hydrogen-bond donors (Lipinski definition) is 1. The summed E-state index contributed by atoms with van der Waals surface area (Å²) in [6, 6.07) is 9.32. The van der Waals surface area contributed by atoms with Gasteiger partial charge in [-0.25, -0.2) is 0 Å². The fourth-order valence-electron chi connectivity index (χ4n) is 3.73. The molecule has 1 N–H and O–H groups in total. The Morgan fingerprint density at radius 3 is 2.70 bits per heavy atom. The molecule has 2 heterocycles. The number of nitrogens with zero attached hydrogens (tertiary/aromatic N) is 1. The van der Waals surface area contributed by atoms with Crippen LogP contribution in [0.15, 0.2) is 48.8 Å². The first-order valence-corrected chi connectivity index (χ1v) is 9.31. The Bertz CT molecular complexity index is 1150. The van der Waals surface area contributed by atoms with E-state index in [0.29, 0.717) is 41.0 Å². The summed E-state index contributed by atoms with van der Waals surface area (Å²) < 4.78 is 43.5. The van der Waals surface area contributed by atoms with Crippen LogP contribution in [-0.2, 0) is 11.2 Å². The third kappa shape index (κ3) is 3.49. The van der Waals surface area contributed by atoms with Crippen molar-refractivity contribution in [2.75, 3.05) is 6.61 Å². The number of carbonyl (C=O) groups is 2. The van der Waals surface area contributed by atoms with Crippen molar-refractivity contribution in [1.82, 2.24) is 10.3 Å². The molecule has 8 heteroatoms. The number of ether oxygens (including phenoxy) is 1. The van der Waals surface area contributed by atoms with Crippen molar-refractivity contribution in [3.63, 3.8) is 0 Å². The van der Waals surface area contributed by atoms with Gasteiger partial charge in [0.15, 0.2) is 5.78 Å². The van der Waals surface area contributed by atoms with E-state index in [1.165, 1.54) is 13.0 Å². The van der Waals surface area contributed by atoms with Crippen molar-refractivity contribution in [3.05, 3.63) is 71.0 Å². The molecule has 0 unspecified atom stereocenters. The average molecular weight is 414 g/mol. The maximum atomic E-state index is 13.3. The first kappa shape index (κ1) is 19.9. The Morgan fingerprint density at radius 2 is 1.93 bits per heavy atom. The van der Waals surface area contributed by atoms with Crippen LogP contribution in [0.4, 0.5) is 13.2 Å². The molecule has 0 bridgehead atoms. The maximum Gasteiger partial charge on any atom is 0.471 e. The van der Waals surface area contributed by atoms with Crippen molar-refractivity contribution in [3.8, 4) is 5.75 Å². The number of fused-ring (bicyclic) bond motifs is 2. The molecule has 0 radical (unpaired) electrons. The van der Waals surface area contributed by atoms with Gasteiger partial charge in [-0.3, -0.25) is 14.6 Å². The largest absolute Gasteiger partial charge is 0.492 e. The molecule has 1 aliphatic heterocycles. The fraction of sp³-hybridized carbons (Fsp3) is 0.227. The Balaban J connectivity index is 1.72. The Morgan fingerprint density at radius 1 is 1.13 bits per heavy atom. The predicted molar refractivity (Wildman–Crippen MR) is 103 cm³/mol. The van der Waals surface area contributed by atoms with E-state index in [0.717, 1.165) is 10.8 Å². The molecule has 30 heavy (non-hydrogen) atoms. The van der Waals surface area contributed by atoms with Crippen molar-refractivity contribution in [2.24, 2.45) is 0 Å². The lowest BCUT2D eigenvalue weighted by Crippen LogP contribution is -2.38. The highest BCUT2D eigenvalue weighted by atomic mass is 19.4. The van der Waals surface area contributed by atoms with Gasteiger partial charge < -0.3 is 10.1 Å². The number of pyridine rings is 1. The molecular weight excluding hydrogens is 397 g/mol. The number of ketones is 1. The van der Waals surface area contributed by atoms with Gasteiger partial charge in [0.2, 0.25) is 0 Å². The third-order valence-electron chi connectivity index (χ3n) is 5.14. The lowest BCUT2D eigenvalue weighted by Gasteiger charge is -2.19. The van der Waals surface area contributed by atoms with Crippen molar-refractivity contribution in [2.45, 2.75) is 25.6 Å². The minimum absolute atomic E-state index is 0.247. The zero-order valence-electron chi connectivity index (χ0n) is 15.9. The quantitative estimate of drug-likeness (QED) is 0.652. The summed E-state index contributed by atoms with van der Waals surface area (Å²) in [6.45, 7) is 1.78. The summed E-state index contributed by atoms with van der Waals surface area (Å²) in [6.07, 6.45) is -1.25. The second kappa shape index (κ2) is 7.44. The number of alkyl halides is 3. The minimum Gasteiger partial charge on any atom is -0.492 e. The van der Waals surface area contributed by atoms with Gasteiger partial charge in [-0.2, -0.15) is 13.2 Å². The summed E-state index contributed by atoms with van der Waals surface area (Å²) in [5.41, 5.74) is 1.96. The monoisotopic (exact) mass is 414 g/mol. The number of benzene rings is 2. The Hall–Kier alpha value is -3.42. The number of aromatic nitrogens is 1. The van der Waals surface area contributed by atoms with Gasteiger partial charge in [0.25, 0.3) is 0 Å². The topological polar surface area (TPSA) is 68.3 Å². The number of amides is 1. The smallest absolute Gasteiger partial charge is 0.471 e. The zero-order valence-corrected chi connectivity index (χ0v) is 15.9. The highest BCUT2D eigenvalue weighted by molar-refractivity contribution is 6.17. The van der Waals surface area contributed by atoms with E-state index in [-0.39, 0.29) is 5.78 Å². The molecule has 154 valence electrons. The van der Waals surface area contributed by atoms with Crippen LogP contribution in [-0.4, -0.2) is 29.5 Å². The van der Waals surface area contributed by atoms with Gasteiger partial charge in [-0.05, 0) is 30.0 Å². The SMILES string of the molecule is C[C@@H](NC(=O)C(F)(F)F)c1ccc(C(=O)c2cccc3cnccc23)c2c1CCO2. The third-order valence-corrected chi connectivity index (χ3v) is 5.14. The second-order valence-corrected chi connectivity index (χ2v) is 7.03. The number of halogens is 3. The molecule has 0 saturated carbocycles. The van der Waals surface area contributed by atoms with Crippen LogP contribution in [0.5, 0.6) is 5.75 Å². The summed E-state index contributed by atoms with van der Waals surface area (Å²) in [4.78, 5) is 28.7. The summed E-state index contributed by atoms with van der Waals surface area (Å²) in [5.74, 6) is -1.90. The van der Waals surface area contributed by atoms with Gasteiger partial charge in [-0.15, -0.1) is 0 Å². The van der Waals surface area contributed by atoms with Crippen LogP contribution >= 0.6 is 0 Å². The predicted octanol–water partition coefficient (Wildman–Crippen LogP) is 4.14. The molecule has 2 aromatic carbocycles. The van der Waals surface area contributed by atoms with Crippen LogP contribution < -0.4 is 10.1 Å². The molecule has 4 rings (SSSR count). The number of rotatable bonds is 4. The van der Waals surface area contributed by atoms with Crippen molar-refractivity contribution < 1.29 is 27.5 Å². The first-order chi connectivity index (χ1) is 14.3.